The van der Waals surface area contributed by atoms with Crippen molar-refractivity contribution in [3.05, 3.63) is 63.2 Å². The minimum atomic E-state index is -0.378. The molecule has 4 rings (SSSR count). The molecule has 27 heavy (non-hydrogen) atoms. The van der Waals surface area contributed by atoms with Gasteiger partial charge < -0.3 is 14.0 Å². The summed E-state index contributed by atoms with van der Waals surface area (Å²) in [5.74, 6) is 0.296. The number of rotatable bonds is 6. The molecule has 0 saturated carbocycles. The summed E-state index contributed by atoms with van der Waals surface area (Å²) >= 11 is 1.50. The van der Waals surface area contributed by atoms with E-state index in [1.54, 1.807) is 0 Å². The first-order valence-electron chi connectivity index (χ1n) is 8.66. The van der Waals surface area contributed by atoms with Crippen molar-refractivity contribution in [3.8, 4) is 5.75 Å². The van der Waals surface area contributed by atoms with Crippen LogP contribution in [0.3, 0.4) is 0 Å². The summed E-state index contributed by atoms with van der Waals surface area (Å²) in [6.45, 7) is -0.0222. The fraction of sp³-hybridized carbons (Fsp3) is 0.316. The quantitative estimate of drug-likeness (QED) is 0.592. The summed E-state index contributed by atoms with van der Waals surface area (Å²) in [7, 11) is 0. The van der Waals surface area contributed by atoms with Crippen LogP contribution in [0.25, 0.3) is 0 Å². The van der Waals surface area contributed by atoms with Gasteiger partial charge in [0, 0.05) is 4.88 Å². The van der Waals surface area contributed by atoms with E-state index in [0.29, 0.717) is 16.5 Å². The van der Waals surface area contributed by atoms with E-state index in [4.69, 9.17) is 14.0 Å². The van der Waals surface area contributed by atoms with Crippen molar-refractivity contribution in [2.24, 2.45) is 0 Å². The second kappa shape index (κ2) is 7.87. The summed E-state index contributed by atoms with van der Waals surface area (Å²) in [6.07, 6.45) is 4.41. The number of hydrogen-bond donors (Lipinski definition) is 0. The summed E-state index contributed by atoms with van der Waals surface area (Å²) in [5.41, 5.74) is 1.26. The SMILES string of the molecule is O=C(OCc1nc(COc2ccc(F)cc2)no1)c1cc2c(s1)CCCC2. The van der Waals surface area contributed by atoms with Gasteiger partial charge in [-0.05, 0) is 61.6 Å². The number of nitrogens with zero attached hydrogens (tertiary/aromatic N) is 2. The maximum Gasteiger partial charge on any atom is 0.348 e. The molecule has 0 spiro atoms. The first-order valence-corrected chi connectivity index (χ1v) is 9.47. The lowest BCUT2D eigenvalue weighted by atomic mass is 9.99. The van der Waals surface area contributed by atoms with Crippen molar-refractivity contribution in [1.82, 2.24) is 10.1 Å². The average Bonchev–Trinajstić information content (AvgIpc) is 3.32. The highest BCUT2D eigenvalue weighted by Crippen LogP contribution is 2.30. The Labute approximate surface area is 158 Å². The second-order valence-electron chi connectivity index (χ2n) is 6.19. The molecule has 1 aliphatic carbocycles. The topological polar surface area (TPSA) is 74.5 Å². The molecule has 6 nitrogen and oxygen atoms in total. The number of hydrogen-bond acceptors (Lipinski definition) is 7. The van der Waals surface area contributed by atoms with Gasteiger partial charge in [-0.3, -0.25) is 0 Å². The monoisotopic (exact) mass is 388 g/mol. The van der Waals surface area contributed by atoms with Gasteiger partial charge in [-0.15, -0.1) is 11.3 Å². The van der Waals surface area contributed by atoms with Gasteiger partial charge in [0.05, 0.1) is 0 Å². The van der Waals surface area contributed by atoms with E-state index in [1.165, 1.54) is 58.9 Å². The van der Waals surface area contributed by atoms with E-state index in [2.05, 4.69) is 10.1 Å². The van der Waals surface area contributed by atoms with Crippen molar-refractivity contribution in [3.63, 3.8) is 0 Å². The van der Waals surface area contributed by atoms with Gasteiger partial charge in [-0.1, -0.05) is 5.16 Å². The largest absolute Gasteiger partial charge is 0.485 e. The van der Waals surface area contributed by atoms with Gasteiger partial charge in [-0.2, -0.15) is 4.98 Å². The molecule has 0 saturated heterocycles. The fourth-order valence-corrected chi connectivity index (χ4v) is 4.02. The number of carbonyl (C=O) groups is 1. The number of halogens is 1. The van der Waals surface area contributed by atoms with Crippen LogP contribution in [0.5, 0.6) is 5.75 Å². The number of carbonyl (C=O) groups excluding carboxylic acids is 1. The Morgan fingerprint density at radius 3 is 2.81 bits per heavy atom. The number of esters is 1. The second-order valence-corrected chi connectivity index (χ2v) is 7.33. The Balaban J connectivity index is 1.29. The van der Waals surface area contributed by atoms with E-state index in [9.17, 15) is 9.18 Å². The van der Waals surface area contributed by atoms with Gasteiger partial charge in [-0.25, -0.2) is 9.18 Å². The predicted octanol–water partition coefficient (Wildman–Crippen LogP) is 4.09. The van der Waals surface area contributed by atoms with Crippen molar-refractivity contribution < 1.29 is 23.2 Å². The molecule has 0 aliphatic heterocycles. The molecular formula is C19H17FN2O4S. The van der Waals surface area contributed by atoms with E-state index in [1.807, 2.05) is 6.07 Å². The molecule has 0 fully saturated rings. The third-order valence-electron chi connectivity index (χ3n) is 4.22. The summed E-state index contributed by atoms with van der Waals surface area (Å²) in [6, 6.07) is 7.56. The van der Waals surface area contributed by atoms with Crippen LogP contribution < -0.4 is 4.74 Å². The molecule has 0 atom stereocenters. The van der Waals surface area contributed by atoms with Crippen molar-refractivity contribution in [2.45, 2.75) is 38.9 Å². The Hall–Kier alpha value is -2.74. The minimum Gasteiger partial charge on any atom is -0.485 e. The van der Waals surface area contributed by atoms with E-state index in [0.717, 1.165) is 12.8 Å². The van der Waals surface area contributed by atoms with Gasteiger partial charge in [0.2, 0.25) is 5.82 Å². The smallest absolute Gasteiger partial charge is 0.348 e. The Kier molecular flexibility index (Phi) is 5.15. The van der Waals surface area contributed by atoms with Gasteiger partial charge in [0.1, 0.15) is 16.4 Å². The number of ether oxygens (including phenoxy) is 2. The first-order chi connectivity index (χ1) is 13.2. The van der Waals surface area contributed by atoms with Crippen LogP contribution in [0.4, 0.5) is 4.39 Å². The highest BCUT2D eigenvalue weighted by Gasteiger charge is 2.19. The van der Waals surface area contributed by atoms with E-state index in [-0.39, 0.29) is 30.9 Å². The molecule has 3 aromatic rings. The van der Waals surface area contributed by atoms with Gasteiger partial charge in [0.15, 0.2) is 13.2 Å². The van der Waals surface area contributed by atoms with Gasteiger partial charge >= 0.3 is 5.97 Å². The molecule has 0 bridgehead atoms. The number of aryl methyl sites for hydroxylation is 2. The maximum absolute atomic E-state index is 12.9. The third-order valence-corrected chi connectivity index (χ3v) is 5.43. The lowest BCUT2D eigenvalue weighted by molar-refractivity contribution is 0.0435. The van der Waals surface area contributed by atoms with Crippen LogP contribution in [0.1, 0.15) is 44.7 Å². The van der Waals surface area contributed by atoms with Crippen molar-refractivity contribution >= 4 is 17.3 Å². The number of benzene rings is 1. The minimum absolute atomic E-state index is 0.0702. The average molecular weight is 388 g/mol. The summed E-state index contributed by atoms with van der Waals surface area (Å²) in [5, 5.41) is 3.78. The third kappa shape index (κ3) is 4.33. The van der Waals surface area contributed by atoms with Crippen molar-refractivity contribution in [2.75, 3.05) is 0 Å². The highest BCUT2D eigenvalue weighted by atomic mass is 32.1. The van der Waals surface area contributed by atoms with Crippen LogP contribution in [0.15, 0.2) is 34.9 Å². The first kappa shape index (κ1) is 17.7. The van der Waals surface area contributed by atoms with Crippen LogP contribution >= 0.6 is 11.3 Å². The molecule has 140 valence electrons. The molecule has 0 unspecified atom stereocenters. The van der Waals surface area contributed by atoms with Gasteiger partial charge in [0.25, 0.3) is 5.89 Å². The Morgan fingerprint density at radius 2 is 2.00 bits per heavy atom. The molecule has 0 radical (unpaired) electrons. The Bertz CT molecular complexity index is 912. The van der Waals surface area contributed by atoms with Crippen LogP contribution in [-0.4, -0.2) is 16.1 Å². The van der Waals surface area contributed by atoms with Crippen LogP contribution in [0.2, 0.25) is 0 Å². The molecule has 1 aliphatic rings. The molecule has 1 aromatic carbocycles. The fourth-order valence-electron chi connectivity index (χ4n) is 2.88. The lowest BCUT2D eigenvalue weighted by Gasteiger charge is -2.08. The zero-order valence-electron chi connectivity index (χ0n) is 14.4. The summed E-state index contributed by atoms with van der Waals surface area (Å²) in [4.78, 5) is 18.2. The highest BCUT2D eigenvalue weighted by molar-refractivity contribution is 7.14. The molecular weight excluding hydrogens is 371 g/mol. The number of fused-ring (bicyclic) bond motifs is 1. The standard InChI is InChI=1S/C19H17FN2O4S/c20-13-5-7-14(8-6-13)24-10-17-21-18(26-22-17)11-25-19(23)16-9-12-3-1-2-4-15(12)27-16/h5-9H,1-4,10-11H2. The predicted molar refractivity (Wildman–Crippen MR) is 95.1 cm³/mol. The van der Waals surface area contributed by atoms with E-state index >= 15 is 0 Å². The van der Waals surface area contributed by atoms with Crippen molar-refractivity contribution in [1.29, 1.82) is 0 Å². The summed E-state index contributed by atoms with van der Waals surface area (Å²) < 4.78 is 28.6. The molecule has 0 N–H and O–H groups in total. The number of thiophene rings is 1. The zero-order chi connectivity index (χ0) is 18.6. The molecule has 0 amide bonds. The van der Waals surface area contributed by atoms with Crippen LogP contribution in [-0.2, 0) is 30.8 Å². The molecule has 2 aromatic heterocycles. The lowest BCUT2D eigenvalue weighted by Crippen LogP contribution is -2.04. The molecule has 8 heteroatoms. The zero-order valence-corrected chi connectivity index (χ0v) is 15.3. The number of aromatic nitrogens is 2. The van der Waals surface area contributed by atoms with E-state index < -0.39 is 0 Å². The van der Waals surface area contributed by atoms with Crippen LogP contribution in [0, 0.1) is 5.82 Å². The normalized spacial score (nSPS) is 13.2. The molecule has 2 heterocycles. The Morgan fingerprint density at radius 1 is 1.19 bits per heavy atom. The maximum atomic E-state index is 12.9.